The molecule has 3 aromatic rings. The molecule has 14 nitrogen and oxygen atoms in total. The highest BCUT2D eigenvalue weighted by Crippen LogP contribution is 2.30. The molecule has 306 valence electrons. The van der Waals surface area contributed by atoms with E-state index in [0.29, 0.717) is 50.7 Å². The third-order valence-corrected chi connectivity index (χ3v) is 10.9. The number of aromatic nitrogens is 1. The predicted molar refractivity (Wildman–Crippen MR) is 211 cm³/mol. The summed E-state index contributed by atoms with van der Waals surface area (Å²) in [6.45, 7) is 11.3. The van der Waals surface area contributed by atoms with E-state index in [4.69, 9.17) is 14.0 Å². The molecule has 3 fully saturated rings. The fourth-order valence-electron chi connectivity index (χ4n) is 7.68. The summed E-state index contributed by atoms with van der Waals surface area (Å²) in [5.41, 5.74) is 1.36. The number of morpholine rings is 1. The van der Waals surface area contributed by atoms with E-state index in [-0.39, 0.29) is 37.4 Å². The van der Waals surface area contributed by atoms with E-state index in [1.807, 2.05) is 81.4 Å². The maximum absolute atomic E-state index is 14.3. The summed E-state index contributed by atoms with van der Waals surface area (Å²) in [4.78, 5) is 73.2. The molecule has 6 atom stereocenters. The minimum atomic E-state index is -0.952. The van der Waals surface area contributed by atoms with Gasteiger partial charge in [0.25, 0.3) is 0 Å². The number of Topliss-reactive ketones (excluding diaryl/α,β-unsaturated/α-hetero) is 1. The molecule has 3 aliphatic heterocycles. The summed E-state index contributed by atoms with van der Waals surface area (Å²) >= 11 is 0. The lowest BCUT2D eigenvalue weighted by atomic mass is 9.92. The van der Waals surface area contributed by atoms with Gasteiger partial charge in [0.1, 0.15) is 23.7 Å². The van der Waals surface area contributed by atoms with Gasteiger partial charge in [0.15, 0.2) is 11.5 Å². The lowest BCUT2D eigenvalue weighted by molar-refractivity contribution is -0.142. The van der Waals surface area contributed by atoms with Gasteiger partial charge in [-0.05, 0) is 56.6 Å². The number of likely N-dealkylation sites (tertiary alicyclic amines) is 1. The Bertz CT molecular complexity index is 1840. The summed E-state index contributed by atoms with van der Waals surface area (Å²) in [5, 5.41) is 12.9. The van der Waals surface area contributed by atoms with Crippen molar-refractivity contribution in [2.24, 2.45) is 5.92 Å². The minimum absolute atomic E-state index is 0.0865. The molecule has 3 saturated heterocycles. The van der Waals surface area contributed by atoms with Crippen LogP contribution in [0.1, 0.15) is 69.5 Å². The van der Waals surface area contributed by atoms with E-state index in [9.17, 15) is 24.0 Å². The largest absolute Gasteiger partial charge is 0.379 e. The number of ketones is 1. The van der Waals surface area contributed by atoms with Crippen molar-refractivity contribution in [2.75, 3.05) is 32.9 Å². The molecular formula is C43H56N6O8. The normalized spacial score (nSPS) is 22.5. The molecule has 0 radical (unpaired) electrons. The molecule has 0 spiro atoms. The highest BCUT2D eigenvalue weighted by atomic mass is 16.6. The number of hydrogen-bond acceptors (Lipinski definition) is 10. The third kappa shape index (κ3) is 11.4. The summed E-state index contributed by atoms with van der Waals surface area (Å²) < 4.78 is 16.4. The van der Waals surface area contributed by atoms with Crippen molar-refractivity contribution in [2.45, 2.75) is 109 Å². The Labute approximate surface area is 334 Å². The number of carbonyl (C=O) groups is 5. The number of epoxide rings is 1. The number of amides is 4. The predicted octanol–water partition coefficient (Wildman–Crippen LogP) is 2.77. The Morgan fingerprint density at radius 2 is 1.60 bits per heavy atom. The monoisotopic (exact) mass is 784 g/mol. The van der Waals surface area contributed by atoms with Gasteiger partial charge >= 0.3 is 0 Å². The van der Waals surface area contributed by atoms with E-state index in [1.165, 1.54) is 4.90 Å². The van der Waals surface area contributed by atoms with Gasteiger partial charge in [0, 0.05) is 31.6 Å². The lowest BCUT2D eigenvalue weighted by Crippen LogP contribution is -2.57. The Morgan fingerprint density at radius 1 is 0.930 bits per heavy atom. The van der Waals surface area contributed by atoms with Gasteiger partial charge in [0.05, 0.1) is 44.5 Å². The van der Waals surface area contributed by atoms with E-state index < -0.39 is 59.4 Å². The van der Waals surface area contributed by atoms with Crippen LogP contribution >= 0.6 is 0 Å². The van der Waals surface area contributed by atoms with Crippen molar-refractivity contribution in [3.8, 4) is 0 Å². The maximum atomic E-state index is 14.3. The van der Waals surface area contributed by atoms with Crippen LogP contribution in [0.2, 0.25) is 0 Å². The van der Waals surface area contributed by atoms with Crippen molar-refractivity contribution in [1.29, 1.82) is 0 Å². The van der Waals surface area contributed by atoms with Crippen LogP contribution in [-0.4, -0.2) is 113 Å². The molecule has 1 aromatic heterocycles. The summed E-state index contributed by atoms with van der Waals surface area (Å²) in [6, 6.07) is 16.8. The van der Waals surface area contributed by atoms with Gasteiger partial charge in [0.2, 0.25) is 23.6 Å². The molecule has 4 amide bonds. The topological polar surface area (TPSA) is 176 Å². The van der Waals surface area contributed by atoms with Crippen LogP contribution in [0.3, 0.4) is 0 Å². The van der Waals surface area contributed by atoms with Crippen molar-refractivity contribution >= 4 is 29.4 Å². The second kappa shape index (κ2) is 19.0. The summed E-state index contributed by atoms with van der Waals surface area (Å²) in [7, 11) is 0. The summed E-state index contributed by atoms with van der Waals surface area (Å²) in [5.74, 6) is -1.17. The van der Waals surface area contributed by atoms with E-state index >= 15 is 0 Å². The first-order valence-corrected chi connectivity index (χ1v) is 20.1. The zero-order chi connectivity index (χ0) is 40.5. The van der Waals surface area contributed by atoms with Crippen LogP contribution in [0.25, 0.3) is 0 Å². The minimum Gasteiger partial charge on any atom is -0.379 e. The fraction of sp³-hybridized carbons (Fsp3) is 0.535. The van der Waals surface area contributed by atoms with Gasteiger partial charge in [-0.25, -0.2) is 0 Å². The molecule has 0 bridgehead atoms. The lowest BCUT2D eigenvalue weighted by Gasteiger charge is -2.33. The first kappa shape index (κ1) is 41.7. The molecular weight excluding hydrogens is 729 g/mol. The van der Waals surface area contributed by atoms with Crippen LogP contribution in [-0.2, 0) is 59.3 Å². The number of ether oxygens (including phenoxy) is 2. The number of benzene rings is 2. The third-order valence-electron chi connectivity index (χ3n) is 10.9. The van der Waals surface area contributed by atoms with E-state index in [0.717, 1.165) is 24.2 Å². The Kier molecular flexibility index (Phi) is 13.9. The Hall–Kier alpha value is -4.92. The molecule has 2 aromatic carbocycles. The quantitative estimate of drug-likeness (QED) is 0.153. The molecule has 4 heterocycles. The fourth-order valence-corrected chi connectivity index (χ4v) is 7.68. The first-order valence-electron chi connectivity index (χ1n) is 20.1. The number of hydrogen-bond donors (Lipinski definition) is 3. The van der Waals surface area contributed by atoms with Crippen molar-refractivity contribution in [3.63, 3.8) is 0 Å². The van der Waals surface area contributed by atoms with Crippen molar-refractivity contribution < 1.29 is 38.0 Å². The molecule has 57 heavy (non-hydrogen) atoms. The second-order valence-electron chi connectivity index (χ2n) is 16.2. The number of nitrogens with zero attached hydrogens (tertiary/aromatic N) is 3. The van der Waals surface area contributed by atoms with Crippen LogP contribution < -0.4 is 16.0 Å². The van der Waals surface area contributed by atoms with Crippen LogP contribution in [0, 0.1) is 5.92 Å². The molecule has 0 aliphatic carbocycles. The number of carbonyl (C=O) groups excluding carboxylic acids is 5. The van der Waals surface area contributed by atoms with Crippen LogP contribution in [0.4, 0.5) is 0 Å². The Balaban J connectivity index is 1.15. The smallest absolute Gasteiger partial charge is 0.246 e. The Morgan fingerprint density at radius 3 is 2.25 bits per heavy atom. The standard InChI is InChI=1S/C43H56N6O8/c1-28(2)21-35(39(51)43(4)27-56-43)45-41(53)37(23-31-13-9-6-10-14-31)49-29(3)22-36(42(49)54)46-40(52)34(16-15-30-11-7-5-8-12-30)44-38(50)25-32-24-33(57-47-32)26-48-17-19-55-20-18-48/h5-14,24,28-29,34-37H,15-23,25-27H2,1-4H3,(H,44,50)(H,45,53)(H,46,52)/t29?,34-,35-,36-,37-,43?/m0/s1. The molecule has 3 aliphatic rings. The van der Waals surface area contributed by atoms with Crippen LogP contribution in [0.15, 0.2) is 71.3 Å². The maximum Gasteiger partial charge on any atom is 0.246 e. The second-order valence-corrected chi connectivity index (χ2v) is 16.2. The van der Waals surface area contributed by atoms with Crippen molar-refractivity contribution in [1.82, 2.24) is 30.9 Å². The average molecular weight is 785 g/mol. The average Bonchev–Trinajstić information content (AvgIpc) is 3.70. The zero-order valence-corrected chi connectivity index (χ0v) is 33.4. The van der Waals surface area contributed by atoms with E-state index in [2.05, 4.69) is 26.0 Å². The van der Waals surface area contributed by atoms with Gasteiger partial charge in [-0.1, -0.05) is 79.7 Å². The van der Waals surface area contributed by atoms with Crippen molar-refractivity contribution in [3.05, 3.63) is 89.3 Å². The highest BCUT2D eigenvalue weighted by Gasteiger charge is 2.51. The first-order chi connectivity index (χ1) is 27.4. The van der Waals surface area contributed by atoms with E-state index in [1.54, 1.807) is 13.0 Å². The van der Waals surface area contributed by atoms with Crippen LogP contribution in [0.5, 0.6) is 0 Å². The van der Waals surface area contributed by atoms with Gasteiger partial charge < -0.3 is 34.8 Å². The molecule has 2 unspecified atom stereocenters. The molecule has 14 heteroatoms. The summed E-state index contributed by atoms with van der Waals surface area (Å²) in [6.07, 6.45) is 1.60. The van der Waals surface area contributed by atoms with Gasteiger partial charge in [-0.3, -0.25) is 28.9 Å². The molecule has 0 saturated carbocycles. The van der Waals surface area contributed by atoms with Gasteiger partial charge in [-0.2, -0.15) is 0 Å². The number of rotatable bonds is 19. The number of nitrogens with one attached hydrogen (secondary N) is 3. The SMILES string of the molecule is CC(C)C[C@H](NC(=O)[C@H](Cc1ccccc1)N1C(=O)[C@@H](NC(=O)[C@H](CCc2ccccc2)NC(=O)Cc2cc(CN3CCOCC3)on2)CC1C)C(=O)C1(C)CO1. The van der Waals surface area contributed by atoms with Gasteiger partial charge in [-0.15, -0.1) is 0 Å². The highest BCUT2D eigenvalue weighted by molar-refractivity contribution is 5.99. The molecule has 3 N–H and O–H groups in total. The number of aryl methyl sites for hydroxylation is 1. The molecule has 6 rings (SSSR count). The zero-order valence-electron chi connectivity index (χ0n) is 33.4.